The first kappa shape index (κ1) is 12.8. The third kappa shape index (κ3) is 4.39. The van der Waals surface area contributed by atoms with Crippen LogP contribution in [0.4, 0.5) is 0 Å². The number of nitrogens with one attached hydrogen (secondary N) is 1. The SMILES string of the molecule is CC(CO)NCCc1ccc(Cl)c(Cl)c1. The van der Waals surface area contributed by atoms with Crippen LogP contribution in [0.3, 0.4) is 0 Å². The molecule has 0 saturated heterocycles. The average molecular weight is 248 g/mol. The van der Waals surface area contributed by atoms with Gasteiger partial charge in [-0.25, -0.2) is 0 Å². The van der Waals surface area contributed by atoms with Crippen molar-refractivity contribution in [1.29, 1.82) is 0 Å². The monoisotopic (exact) mass is 247 g/mol. The molecule has 0 heterocycles. The molecule has 1 unspecified atom stereocenters. The minimum absolute atomic E-state index is 0.132. The van der Waals surface area contributed by atoms with Gasteiger partial charge in [0.1, 0.15) is 0 Å². The molecule has 4 heteroatoms. The van der Waals surface area contributed by atoms with Crippen molar-refractivity contribution in [3.8, 4) is 0 Å². The Kier molecular flexibility index (Phi) is 5.40. The van der Waals surface area contributed by atoms with E-state index < -0.39 is 0 Å². The Morgan fingerprint density at radius 1 is 1.33 bits per heavy atom. The van der Waals surface area contributed by atoms with Gasteiger partial charge in [-0.15, -0.1) is 0 Å². The first-order valence-electron chi connectivity index (χ1n) is 4.91. The Morgan fingerprint density at radius 2 is 2.07 bits per heavy atom. The van der Waals surface area contributed by atoms with E-state index >= 15 is 0 Å². The summed E-state index contributed by atoms with van der Waals surface area (Å²) in [6.45, 7) is 2.91. The fraction of sp³-hybridized carbons (Fsp3) is 0.455. The van der Waals surface area contributed by atoms with E-state index in [9.17, 15) is 0 Å². The lowest BCUT2D eigenvalue weighted by atomic mass is 10.1. The van der Waals surface area contributed by atoms with Gasteiger partial charge in [0.05, 0.1) is 16.7 Å². The van der Waals surface area contributed by atoms with Crippen LogP contribution in [0.1, 0.15) is 12.5 Å². The molecule has 0 fully saturated rings. The first-order valence-corrected chi connectivity index (χ1v) is 5.67. The largest absolute Gasteiger partial charge is 0.395 e. The van der Waals surface area contributed by atoms with Crippen LogP contribution in [0.2, 0.25) is 10.0 Å². The summed E-state index contributed by atoms with van der Waals surface area (Å²) in [5.74, 6) is 0. The highest BCUT2D eigenvalue weighted by atomic mass is 35.5. The maximum absolute atomic E-state index is 8.81. The Hall–Kier alpha value is -0.280. The summed E-state index contributed by atoms with van der Waals surface area (Å²) < 4.78 is 0. The summed E-state index contributed by atoms with van der Waals surface area (Å²) in [6.07, 6.45) is 0.876. The second kappa shape index (κ2) is 6.33. The summed E-state index contributed by atoms with van der Waals surface area (Å²) in [5, 5.41) is 13.2. The van der Waals surface area contributed by atoms with Crippen molar-refractivity contribution in [3.05, 3.63) is 33.8 Å². The van der Waals surface area contributed by atoms with Gasteiger partial charge in [-0.1, -0.05) is 29.3 Å². The van der Waals surface area contributed by atoms with Crippen molar-refractivity contribution in [1.82, 2.24) is 5.32 Å². The van der Waals surface area contributed by atoms with E-state index in [0.29, 0.717) is 10.0 Å². The van der Waals surface area contributed by atoms with Gasteiger partial charge >= 0.3 is 0 Å². The molecule has 2 N–H and O–H groups in total. The van der Waals surface area contributed by atoms with Gasteiger partial charge in [-0.2, -0.15) is 0 Å². The fourth-order valence-electron chi connectivity index (χ4n) is 1.22. The minimum atomic E-state index is 0.132. The van der Waals surface area contributed by atoms with Crippen molar-refractivity contribution < 1.29 is 5.11 Å². The molecule has 0 radical (unpaired) electrons. The molecule has 0 amide bonds. The topological polar surface area (TPSA) is 32.3 Å². The first-order chi connectivity index (χ1) is 7.13. The quantitative estimate of drug-likeness (QED) is 0.839. The van der Waals surface area contributed by atoms with Crippen LogP contribution in [0.25, 0.3) is 0 Å². The van der Waals surface area contributed by atoms with Gasteiger partial charge in [0.2, 0.25) is 0 Å². The zero-order valence-electron chi connectivity index (χ0n) is 8.63. The lowest BCUT2D eigenvalue weighted by Crippen LogP contribution is -2.30. The number of aliphatic hydroxyl groups is 1. The molecule has 0 aliphatic rings. The Labute approximate surface area is 100 Å². The normalized spacial score (nSPS) is 12.8. The Balaban J connectivity index is 2.41. The van der Waals surface area contributed by atoms with Crippen molar-refractivity contribution in [2.45, 2.75) is 19.4 Å². The predicted octanol–water partition coefficient (Wildman–Crippen LogP) is 2.51. The zero-order chi connectivity index (χ0) is 11.3. The lowest BCUT2D eigenvalue weighted by molar-refractivity contribution is 0.252. The maximum atomic E-state index is 8.81. The molecule has 1 aromatic rings. The fourth-order valence-corrected chi connectivity index (χ4v) is 1.54. The summed E-state index contributed by atoms with van der Waals surface area (Å²) >= 11 is 11.7. The second-order valence-electron chi connectivity index (χ2n) is 3.54. The van der Waals surface area contributed by atoms with Gasteiger partial charge in [-0.05, 0) is 37.6 Å². The van der Waals surface area contributed by atoms with Crippen LogP contribution in [-0.2, 0) is 6.42 Å². The molecular formula is C11H15Cl2NO. The van der Waals surface area contributed by atoms with Gasteiger partial charge in [-0.3, -0.25) is 0 Å². The average Bonchev–Trinajstić information content (AvgIpc) is 2.23. The second-order valence-corrected chi connectivity index (χ2v) is 4.35. The molecule has 1 aromatic carbocycles. The van der Waals surface area contributed by atoms with Crippen LogP contribution in [0, 0.1) is 0 Å². The zero-order valence-corrected chi connectivity index (χ0v) is 10.1. The predicted molar refractivity (Wildman–Crippen MR) is 64.7 cm³/mol. The smallest absolute Gasteiger partial charge is 0.0595 e. The number of benzene rings is 1. The molecule has 2 nitrogen and oxygen atoms in total. The van der Waals surface area contributed by atoms with Crippen LogP contribution in [-0.4, -0.2) is 24.3 Å². The molecule has 84 valence electrons. The number of hydrogen-bond acceptors (Lipinski definition) is 2. The maximum Gasteiger partial charge on any atom is 0.0595 e. The molecule has 0 aliphatic carbocycles. The molecular weight excluding hydrogens is 233 g/mol. The number of hydrogen-bond donors (Lipinski definition) is 2. The molecule has 0 bridgehead atoms. The van der Waals surface area contributed by atoms with Crippen LogP contribution in [0.15, 0.2) is 18.2 Å². The summed E-state index contributed by atoms with van der Waals surface area (Å²) in [6, 6.07) is 5.76. The highest BCUT2D eigenvalue weighted by Crippen LogP contribution is 2.22. The Bertz CT molecular complexity index is 317. The number of aliphatic hydroxyl groups excluding tert-OH is 1. The standard InChI is InChI=1S/C11H15Cl2NO/c1-8(7-15)14-5-4-9-2-3-10(12)11(13)6-9/h2-3,6,8,14-15H,4-5,7H2,1H3. The molecule has 1 rings (SSSR count). The van der Waals surface area contributed by atoms with Crippen molar-refractivity contribution in [3.63, 3.8) is 0 Å². The molecule has 15 heavy (non-hydrogen) atoms. The van der Waals surface area contributed by atoms with E-state index in [2.05, 4.69) is 5.32 Å². The lowest BCUT2D eigenvalue weighted by Gasteiger charge is -2.10. The van der Waals surface area contributed by atoms with Crippen molar-refractivity contribution in [2.24, 2.45) is 0 Å². The van der Waals surface area contributed by atoms with Gasteiger partial charge < -0.3 is 10.4 Å². The van der Waals surface area contributed by atoms with E-state index in [-0.39, 0.29) is 12.6 Å². The highest BCUT2D eigenvalue weighted by molar-refractivity contribution is 6.42. The summed E-state index contributed by atoms with van der Waals surface area (Å²) in [7, 11) is 0. The third-order valence-electron chi connectivity index (χ3n) is 2.16. The van der Waals surface area contributed by atoms with E-state index in [0.717, 1.165) is 18.5 Å². The number of halogens is 2. The van der Waals surface area contributed by atoms with Crippen LogP contribution >= 0.6 is 23.2 Å². The van der Waals surface area contributed by atoms with Crippen LogP contribution in [0.5, 0.6) is 0 Å². The highest BCUT2D eigenvalue weighted by Gasteiger charge is 2.01. The van der Waals surface area contributed by atoms with E-state index in [1.807, 2.05) is 19.1 Å². The van der Waals surface area contributed by atoms with E-state index in [4.69, 9.17) is 28.3 Å². The molecule has 1 atom stereocenters. The number of rotatable bonds is 5. The molecule has 0 saturated carbocycles. The van der Waals surface area contributed by atoms with Crippen molar-refractivity contribution in [2.75, 3.05) is 13.2 Å². The third-order valence-corrected chi connectivity index (χ3v) is 2.90. The van der Waals surface area contributed by atoms with Crippen LogP contribution < -0.4 is 5.32 Å². The van der Waals surface area contributed by atoms with E-state index in [1.165, 1.54) is 0 Å². The van der Waals surface area contributed by atoms with Gasteiger partial charge in [0.15, 0.2) is 0 Å². The molecule has 0 aliphatic heterocycles. The van der Waals surface area contributed by atoms with E-state index in [1.54, 1.807) is 6.07 Å². The molecule has 0 spiro atoms. The molecule has 0 aromatic heterocycles. The summed E-state index contributed by atoms with van der Waals surface area (Å²) in [4.78, 5) is 0. The van der Waals surface area contributed by atoms with Gasteiger partial charge in [0.25, 0.3) is 0 Å². The van der Waals surface area contributed by atoms with Gasteiger partial charge in [0, 0.05) is 6.04 Å². The minimum Gasteiger partial charge on any atom is -0.395 e. The Morgan fingerprint density at radius 3 is 2.67 bits per heavy atom. The van der Waals surface area contributed by atoms with Crippen molar-refractivity contribution >= 4 is 23.2 Å². The summed E-state index contributed by atoms with van der Waals surface area (Å²) in [5.41, 5.74) is 1.14.